The van der Waals surface area contributed by atoms with E-state index >= 15 is 0 Å². The molecule has 0 spiro atoms. The van der Waals surface area contributed by atoms with Gasteiger partial charge in [0.2, 0.25) is 0 Å². The summed E-state index contributed by atoms with van der Waals surface area (Å²) in [5.41, 5.74) is 1.90. The number of nitrogens with zero attached hydrogens (tertiary/aromatic N) is 3. The second-order valence-corrected chi connectivity index (χ2v) is 6.96. The molecular formula is C19H23N3. The number of piperazine rings is 1. The van der Waals surface area contributed by atoms with E-state index in [1.807, 2.05) is 18.2 Å². The predicted molar refractivity (Wildman–Crippen MR) is 88.7 cm³/mol. The summed E-state index contributed by atoms with van der Waals surface area (Å²) in [5.74, 6) is 2.61. The summed E-state index contributed by atoms with van der Waals surface area (Å²) in [4.78, 5) is 5.00. The van der Waals surface area contributed by atoms with Crippen molar-refractivity contribution >= 4 is 5.69 Å². The molecule has 1 saturated heterocycles. The first-order valence-electron chi connectivity index (χ1n) is 8.48. The van der Waals surface area contributed by atoms with Crippen LogP contribution in [0.3, 0.4) is 0 Å². The van der Waals surface area contributed by atoms with Crippen molar-refractivity contribution in [2.75, 3.05) is 37.6 Å². The smallest absolute Gasteiger partial charge is 0.101 e. The second kappa shape index (κ2) is 5.78. The lowest BCUT2D eigenvalue weighted by molar-refractivity contribution is 0.204. The molecular weight excluding hydrogens is 270 g/mol. The summed E-state index contributed by atoms with van der Waals surface area (Å²) in [6.07, 6.45) is 7.69. The Kier molecular flexibility index (Phi) is 3.63. The number of benzene rings is 1. The van der Waals surface area contributed by atoms with E-state index in [9.17, 15) is 5.26 Å². The van der Waals surface area contributed by atoms with Crippen LogP contribution in [0.2, 0.25) is 0 Å². The fourth-order valence-corrected chi connectivity index (χ4v) is 4.45. The van der Waals surface area contributed by atoms with Crippen LogP contribution in [0.5, 0.6) is 0 Å². The normalized spacial score (nSPS) is 30.7. The van der Waals surface area contributed by atoms with E-state index < -0.39 is 0 Å². The fourth-order valence-electron chi connectivity index (χ4n) is 4.45. The van der Waals surface area contributed by atoms with Crippen molar-refractivity contribution < 1.29 is 0 Å². The first kappa shape index (κ1) is 13.8. The zero-order valence-corrected chi connectivity index (χ0v) is 13.0. The predicted octanol–water partition coefficient (Wildman–Crippen LogP) is 2.89. The number of para-hydroxylation sites is 1. The van der Waals surface area contributed by atoms with E-state index in [-0.39, 0.29) is 0 Å². The largest absolute Gasteiger partial charge is 0.368 e. The molecule has 2 fully saturated rings. The standard InChI is InChI=1S/C19H23N3/c20-13-17-3-1-2-4-19(17)22-9-7-21(8-10-22)14-18-12-15-5-6-16(18)11-15/h1-6,15-16,18H,7-12,14H2. The Labute approximate surface area is 132 Å². The van der Waals surface area contributed by atoms with Gasteiger partial charge >= 0.3 is 0 Å². The lowest BCUT2D eigenvalue weighted by Gasteiger charge is -2.38. The van der Waals surface area contributed by atoms with Crippen LogP contribution in [0, 0.1) is 29.1 Å². The van der Waals surface area contributed by atoms with E-state index in [0.29, 0.717) is 0 Å². The third kappa shape index (κ3) is 2.53. The molecule has 1 heterocycles. The first-order chi connectivity index (χ1) is 10.8. The van der Waals surface area contributed by atoms with Crippen molar-refractivity contribution in [3.05, 3.63) is 42.0 Å². The molecule has 1 saturated carbocycles. The highest BCUT2D eigenvalue weighted by Gasteiger charge is 2.36. The van der Waals surface area contributed by atoms with Crippen LogP contribution in [0.1, 0.15) is 18.4 Å². The molecule has 3 nitrogen and oxygen atoms in total. The molecule has 3 atom stereocenters. The number of hydrogen-bond donors (Lipinski definition) is 0. The topological polar surface area (TPSA) is 30.3 Å². The van der Waals surface area contributed by atoms with E-state index in [4.69, 9.17) is 0 Å². The van der Waals surface area contributed by atoms with Crippen molar-refractivity contribution in [1.82, 2.24) is 4.90 Å². The lowest BCUT2D eigenvalue weighted by atomic mass is 9.93. The van der Waals surface area contributed by atoms with Gasteiger partial charge in [0.25, 0.3) is 0 Å². The maximum atomic E-state index is 9.26. The van der Waals surface area contributed by atoms with Gasteiger partial charge in [0.1, 0.15) is 6.07 Å². The molecule has 0 amide bonds. The summed E-state index contributed by atoms with van der Waals surface area (Å²) in [6, 6.07) is 10.3. The maximum Gasteiger partial charge on any atom is 0.101 e. The Morgan fingerprint density at radius 1 is 1.05 bits per heavy atom. The third-order valence-corrected chi connectivity index (χ3v) is 5.65. The van der Waals surface area contributed by atoms with Gasteiger partial charge in [0.05, 0.1) is 11.3 Å². The van der Waals surface area contributed by atoms with Gasteiger partial charge in [-0.15, -0.1) is 0 Å². The van der Waals surface area contributed by atoms with Crippen LogP contribution in [0.4, 0.5) is 5.69 Å². The summed E-state index contributed by atoms with van der Waals surface area (Å²) >= 11 is 0. The van der Waals surface area contributed by atoms with Gasteiger partial charge in [-0.3, -0.25) is 4.90 Å². The lowest BCUT2D eigenvalue weighted by Crippen LogP contribution is -2.48. The molecule has 1 aromatic rings. The van der Waals surface area contributed by atoms with Crippen molar-refractivity contribution in [3.63, 3.8) is 0 Å². The average molecular weight is 293 g/mol. The number of allylic oxidation sites excluding steroid dienone is 2. The van der Waals surface area contributed by atoms with E-state index in [0.717, 1.165) is 55.2 Å². The fraction of sp³-hybridized carbons (Fsp3) is 0.526. The van der Waals surface area contributed by atoms with Crippen LogP contribution < -0.4 is 4.90 Å². The molecule has 0 radical (unpaired) electrons. The Hall–Kier alpha value is -1.79. The molecule has 3 heteroatoms. The summed E-state index contributed by atoms with van der Waals surface area (Å²) < 4.78 is 0. The Morgan fingerprint density at radius 3 is 2.55 bits per heavy atom. The van der Waals surface area contributed by atoms with E-state index in [1.165, 1.54) is 19.4 Å². The highest BCUT2D eigenvalue weighted by molar-refractivity contribution is 5.59. The molecule has 0 aromatic heterocycles. The zero-order valence-electron chi connectivity index (χ0n) is 13.0. The molecule has 114 valence electrons. The van der Waals surface area contributed by atoms with E-state index in [1.54, 1.807) is 0 Å². The van der Waals surface area contributed by atoms with Gasteiger partial charge in [-0.05, 0) is 42.7 Å². The highest BCUT2D eigenvalue weighted by atomic mass is 15.3. The van der Waals surface area contributed by atoms with Crippen LogP contribution in [-0.4, -0.2) is 37.6 Å². The minimum atomic E-state index is 0.800. The Bertz CT molecular complexity index is 607. The monoisotopic (exact) mass is 293 g/mol. The van der Waals surface area contributed by atoms with Gasteiger partial charge in [-0.2, -0.15) is 5.26 Å². The maximum absolute atomic E-state index is 9.26. The number of anilines is 1. The zero-order chi connectivity index (χ0) is 14.9. The third-order valence-electron chi connectivity index (χ3n) is 5.65. The highest BCUT2D eigenvalue weighted by Crippen LogP contribution is 2.43. The minimum Gasteiger partial charge on any atom is -0.368 e. The molecule has 4 rings (SSSR count). The summed E-state index contributed by atoms with van der Waals surface area (Å²) in [5, 5.41) is 9.26. The van der Waals surface area contributed by atoms with Crippen molar-refractivity contribution in [2.24, 2.45) is 17.8 Å². The molecule has 2 bridgehead atoms. The van der Waals surface area contributed by atoms with Gasteiger partial charge in [-0.25, -0.2) is 0 Å². The van der Waals surface area contributed by atoms with Crippen molar-refractivity contribution in [1.29, 1.82) is 5.26 Å². The molecule has 2 aliphatic carbocycles. The van der Waals surface area contributed by atoms with Gasteiger partial charge in [0.15, 0.2) is 0 Å². The minimum absolute atomic E-state index is 0.800. The Balaban J connectivity index is 1.35. The average Bonchev–Trinajstić information content (AvgIpc) is 3.18. The SMILES string of the molecule is N#Cc1ccccc1N1CCN(CC2CC3C=CC2C3)CC1. The number of fused-ring (bicyclic) bond motifs is 2. The second-order valence-electron chi connectivity index (χ2n) is 6.96. The van der Waals surface area contributed by atoms with Crippen molar-refractivity contribution in [3.8, 4) is 6.07 Å². The quantitative estimate of drug-likeness (QED) is 0.803. The van der Waals surface area contributed by atoms with Crippen LogP contribution in [0.15, 0.2) is 36.4 Å². The summed E-state index contributed by atoms with van der Waals surface area (Å²) in [6.45, 7) is 5.58. The van der Waals surface area contributed by atoms with E-state index in [2.05, 4.69) is 34.1 Å². The molecule has 3 unspecified atom stereocenters. The van der Waals surface area contributed by atoms with Gasteiger partial charge < -0.3 is 4.90 Å². The molecule has 0 N–H and O–H groups in total. The van der Waals surface area contributed by atoms with Gasteiger partial charge in [-0.1, -0.05) is 24.3 Å². The van der Waals surface area contributed by atoms with Gasteiger partial charge in [0, 0.05) is 32.7 Å². The molecule has 22 heavy (non-hydrogen) atoms. The van der Waals surface area contributed by atoms with Crippen LogP contribution in [0.25, 0.3) is 0 Å². The Morgan fingerprint density at radius 2 is 1.86 bits per heavy atom. The number of nitriles is 1. The first-order valence-corrected chi connectivity index (χ1v) is 8.48. The molecule has 1 aromatic carbocycles. The van der Waals surface area contributed by atoms with Crippen molar-refractivity contribution in [2.45, 2.75) is 12.8 Å². The molecule has 3 aliphatic rings. The summed E-state index contributed by atoms with van der Waals surface area (Å²) in [7, 11) is 0. The van der Waals surface area contributed by atoms with Crippen LogP contribution >= 0.6 is 0 Å². The molecule has 1 aliphatic heterocycles. The number of rotatable bonds is 3. The number of hydrogen-bond acceptors (Lipinski definition) is 3. The van der Waals surface area contributed by atoms with Crippen LogP contribution in [-0.2, 0) is 0 Å².